The van der Waals surface area contributed by atoms with Gasteiger partial charge in [-0.3, -0.25) is 0 Å². The summed E-state index contributed by atoms with van der Waals surface area (Å²) in [5.74, 6) is 0.644. The fourth-order valence-electron chi connectivity index (χ4n) is 1.55. The third kappa shape index (κ3) is 4.67. The van der Waals surface area contributed by atoms with Crippen molar-refractivity contribution in [1.29, 1.82) is 0 Å². The zero-order chi connectivity index (χ0) is 11.3. The zero-order valence-corrected chi connectivity index (χ0v) is 10.2. The van der Waals surface area contributed by atoms with Gasteiger partial charge in [0.15, 0.2) is 0 Å². The highest BCUT2D eigenvalue weighted by Crippen LogP contribution is 2.18. The van der Waals surface area contributed by atoms with Gasteiger partial charge < -0.3 is 5.11 Å². The largest absolute Gasteiger partial charge is 0.393 e. The van der Waals surface area contributed by atoms with E-state index in [0.717, 1.165) is 23.4 Å². The van der Waals surface area contributed by atoms with Crippen molar-refractivity contribution in [3.05, 3.63) is 34.9 Å². The van der Waals surface area contributed by atoms with Crippen LogP contribution in [0.15, 0.2) is 24.3 Å². The highest BCUT2D eigenvalue weighted by molar-refractivity contribution is 6.31. The van der Waals surface area contributed by atoms with Gasteiger partial charge in [0.1, 0.15) is 0 Å². The van der Waals surface area contributed by atoms with Gasteiger partial charge in [-0.15, -0.1) is 0 Å². The summed E-state index contributed by atoms with van der Waals surface area (Å²) in [5.41, 5.74) is 1.04. The number of hydrogen-bond donors (Lipinski definition) is 1. The Bertz CT molecular complexity index is 296. The molecule has 1 unspecified atom stereocenters. The SMILES string of the molecule is CC(C)CCC(O)Cc1ccccc1Cl. The Hall–Kier alpha value is -0.530. The van der Waals surface area contributed by atoms with E-state index in [4.69, 9.17) is 11.6 Å². The number of rotatable bonds is 5. The van der Waals surface area contributed by atoms with Crippen molar-refractivity contribution in [2.45, 2.75) is 39.2 Å². The lowest BCUT2D eigenvalue weighted by molar-refractivity contribution is 0.157. The van der Waals surface area contributed by atoms with E-state index in [2.05, 4.69) is 13.8 Å². The first-order valence-electron chi connectivity index (χ1n) is 5.51. The van der Waals surface area contributed by atoms with E-state index < -0.39 is 0 Å². The van der Waals surface area contributed by atoms with Gasteiger partial charge in [0.2, 0.25) is 0 Å². The number of benzene rings is 1. The molecule has 1 N–H and O–H groups in total. The van der Waals surface area contributed by atoms with Crippen molar-refractivity contribution < 1.29 is 5.11 Å². The lowest BCUT2D eigenvalue weighted by atomic mass is 10.00. The highest BCUT2D eigenvalue weighted by Gasteiger charge is 2.08. The molecule has 0 heterocycles. The maximum Gasteiger partial charge on any atom is 0.0581 e. The zero-order valence-electron chi connectivity index (χ0n) is 9.41. The van der Waals surface area contributed by atoms with Crippen LogP contribution in [0.3, 0.4) is 0 Å². The van der Waals surface area contributed by atoms with E-state index in [1.165, 1.54) is 0 Å². The summed E-state index contributed by atoms with van der Waals surface area (Å²) >= 11 is 6.02. The summed E-state index contributed by atoms with van der Waals surface area (Å²) in [6.45, 7) is 4.34. The van der Waals surface area contributed by atoms with Gasteiger partial charge in [0, 0.05) is 5.02 Å². The van der Waals surface area contributed by atoms with Gasteiger partial charge >= 0.3 is 0 Å². The van der Waals surface area contributed by atoms with Crippen molar-refractivity contribution in [1.82, 2.24) is 0 Å². The average molecular weight is 227 g/mol. The van der Waals surface area contributed by atoms with Crippen LogP contribution < -0.4 is 0 Å². The Balaban J connectivity index is 2.44. The van der Waals surface area contributed by atoms with Gasteiger partial charge in [-0.25, -0.2) is 0 Å². The minimum atomic E-state index is -0.271. The average Bonchev–Trinajstić information content (AvgIpc) is 2.18. The third-order valence-corrected chi connectivity index (χ3v) is 2.86. The monoisotopic (exact) mass is 226 g/mol. The van der Waals surface area contributed by atoms with E-state index in [0.29, 0.717) is 12.3 Å². The van der Waals surface area contributed by atoms with Crippen molar-refractivity contribution in [2.24, 2.45) is 5.92 Å². The molecule has 0 saturated heterocycles. The van der Waals surface area contributed by atoms with E-state index >= 15 is 0 Å². The lowest BCUT2D eigenvalue weighted by Crippen LogP contribution is -2.11. The second-order valence-electron chi connectivity index (χ2n) is 4.42. The highest BCUT2D eigenvalue weighted by atomic mass is 35.5. The summed E-state index contributed by atoms with van der Waals surface area (Å²) in [4.78, 5) is 0. The van der Waals surface area contributed by atoms with Crippen molar-refractivity contribution in [2.75, 3.05) is 0 Å². The molecule has 2 heteroatoms. The number of hydrogen-bond acceptors (Lipinski definition) is 1. The third-order valence-electron chi connectivity index (χ3n) is 2.49. The first-order valence-corrected chi connectivity index (χ1v) is 5.89. The van der Waals surface area contributed by atoms with Crippen LogP contribution >= 0.6 is 11.6 Å². The van der Waals surface area contributed by atoms with Crippen molar-refractivity contribution >= 4 is 11.6 Å². The topological polar surface area (TPSA) is 20.2 Å². The molecule has 1 rings (SSSR count). The molecular formula is C13H19ClO. The molecule has 0 aliphatic carbocycles. The van der Waals surface area contributed by atoms with Crippen LogP contribution in [0.2, 0.25) is 5.02 Å². The van der Waals surface area contributed by atoms with E-state index in [-0.39, 0.29) is 6.10 Å². The normalized spacial score (nSPS) is 13.1. The van der Waals surface area contributed by atoms with Crippen LogP contribution in [0.4, 0.5) is 0 Å². The molecule has 15 heavy (non-hydrogen) atoms. The standard InChI is InChI=1S/C13H19ClO/c1-10(2)7-8-12(15)9-11-5-3-4-6-13(11)14/h3-6,10,12,15H,7-9H2,1-2H3. The second kappa shape index (κ2) is 6.14. The second-order valence-corrected chi connectivity index (χ2v) is 4.83. The molecule has 1 atom stereocenters. The molecule has 0 amide bonds. The summed E-state index contributed by atoms with van der Waals surface area (Å²) in [7, 11) is 0. The summed E-state index contributed by atoms with van der Waals surface area (Å²) < 4.78 is 0. The molecule has 0 aliphatic rings. The Kier molecular flexibility index (Phi) is 5.13. The fraction of sp³-hybridized carbons (Fsp3) is 0.538. The van der Waals surface area contributed by atoms with Crippen molar-refractivity contribution in [3.8, 4) is 0 Å². The molecular weight excluding hydrogens is 208 g/mol. The number of aliphatic hydroxyl groups excluding tert-OH is 1. The minimum Gasteiger partial charge on any atom is -0.393 e. The lowest BCUT2D eigenvalue weighted by Gasteiger charge is -2.12. The molecule has 0 saturated carbocycles. The molecule has 1 aromatic rings. The summed E-state index contributed by atoms with van der Waals surface area (Å²) in [5, 5.41) is 10.6. The molecule has 1 aromatic carbocycles. The molecule has 0 fully saturated rings. The Morgan fingerprint density at radius 1 is 1.20 bits per heavy atom. The molecule has 0 bridgehead atoms. The first-order chi connectivity index (χ1) is 7.09. The van der Waals surface area contributed by atoms with Crippen molar-refractivity contribution in [3.63, 3.8) is 0 Å². The van der Waals surface area contributed by atoms with Gasteiger partial charge in [-0.05, 0) is 36.8 Å². The maximum absolute atomic E-state index is 9.82. The van der Waals surface area contributed by atoms with Crippen LogP contribution in [-0.2, 0) is 6.42 Å². The first kappa shape index (κ1) is 12.5. The minimum absolute atomic E-state index is 0.271. The Morgan fingerprint density at radius 3 is 2.47 bits per heavy atom. The molecule has 1 nitrogen and oxygen atoms in total. The molecule has 0 radical (unpaired) electrons. The molecule has 0 aromatic heterocycles. The maximum atomic E-state index is 9.82. The van der Waals surface area contributed by atoms with Crippen LogP contribution in [0.5, 0.6) is 0 Å². The smallest absolute Gasteiger partial charge is 0.0581 e. The summed E-state index contributed by atoms with van der Waals surface area (Å²) in [6, 6.07) is 7.70. The molecule has 84 valence electrons. The van der Waals surface area contributed by atoms with Crippen LogP contribution in [0, 0.1) is 5.92 Å². The van der Waals surface area contributed by atoms with Gasteiger partial charge in [0.25, 0.3) is 0 Å². The van der Waals surface area contributed by atoms with Crippen LogP contribution in [-0.4, -0.2) is 11.2 Å². The molecule has 0 spiro atoms. The van der Waals surface area contributed by atoms with Crippen LogP contribution in [0.1, 0.15) is 32.3 Å². The van der Waals surface area contributed by atoms with Gasteiger partial charge in [-0.2, -0.15) is 0 Å². The van der Waals surface area contributed by atoms with E-state index in [1.807, 2.05) is 24.3 Å². The predicted molar refractivity (Wildman–Crippen MR) is 65.2 cm³/mol. The Morgan fingerprint density at radius 2 is 1.87 bits per heavy atom. The predicted octanol–water partition coefficient (Wildman–Crippen LogP) is 3.68. The summed E-state index contributed by atoms with van der Waals surface area (Å²) in [6.07, 6.45) is 2.30. The van der Waals surface area contributed by atoms with Crippen LogP contribution in [0.25, 0.3) is 0 Å². The van der Waals surface area contributed by atoms with E-state index in [9.17, 15) is 5.11 Å². The number of aliphatic hydroxyl groups is 1. The van der Waals surface area contributed by atoms with Gasteiger partial charge in [0.05, 0.1) is 6.10 Å². The number of halogens is 1. The van der Waals surface area contributed by atoms with Gasteiger partial charge in [-0.1, -0.05) is 43.6 Å². The molecule has 0 aliphatic heterocycles. The Labute approximate surface area is 97.1 Å². The quantitative estimate of drug-likeness (QED) is 0.812. The van der Waals surface area contributed by atoms with E-state index in [1.54, 1.807) is 0 Å². The fourth-order valence-corrected chi connectivity index (χ4v) is 1.76.